The third-order valence-electron chi connectivity index (χ3n) is 5.23. The lowest BCUT2D eigenvalue weighted by Crippen LogP contribution is -2.46. The minimum atomic E-state index is -0.688. The van der Waals surface area contributed by atoms with Gasteiger partial charge in [-0.25, -0.2) is 9.37 Å². The second-order valence-corrected chi connectivity index (χ2v) is 7.18. The molecule has 1 saturated heterocycles. The summed E-state index contributed by atoms with van der Waals surface area (Å²) < 4.78 is 14.1. The van der Waals surface area contributed by atoms with Crippen LogP contribution < -0.4 is 10.2 Å². The molecule has 0 radical (unpaired) electrons. The van der Waals surface area contributed by atoms with Crippen LogP contribution >= 0.6 is 0 Å². The summed E-state index contributed by atoms with van der Waals surface area (Å²) in [6.07, 6.45) is 5.20. The molecule has 0 bridgehead atoms. The molecule has 6 nitrogen and oxygen atoms in total. The first-order valence-electron chi connectivity index (χ1n) is 9.75. The SMILES string of the molecule is C=C(F)c1ccc(N2CCNC(c3cccnc3)C2)nc1C(=O)c1cccnc1C.[HH].[HH]. The van der Waals surface area contributed by atoms with E-state index in [1.54, 1.807) is 43.6 Å². The van der Waals surface area contributed by atoms with Gasteiger partial charge in [-0.05, 0) is 42.8 Å². The number of piperazine rings is 1. The van der Waals surface area contributed by atoms with Crippen molar-refractivity contribution in [3.8, 4) is 0 Å². The van der Waals surface area contributed by atoms with Gasteiger partial charge in [-0.1, -0.05) is 12.6 Å². The van der Waals surface area contributed by atoms with Gasteiger partial charge in [0.15, 0.2) is 0 Å². The quantitative estimate of drug-likeness (QED) is 0.645. The molecule has 0 saturated carbocycles. The highest BCUT2D eigenvalue weighted by atomic mass is 19.1. The number of nitrogens with zero attached hydrogens (tertiary/aromatic N) is 4. The Balaban J connectivity index is 0.00000181. The Morgan fingerprint density at radius 3 is 2.80 bits per heavy atom. The van der Waals surface area contributed by atoms with Crippen molar-refractivity contribution >= 4 is 17.4 Å². The second-order valence-electron chi connectivity index (χ2n) is 7.18. The van der Waals surface area contributed by atoms with E-state index < -0.39 is 5.83 Å². The monoisotopic (exact) mass is 407 g/mol. The lowest BCUT2D eigenvalue weighted by Gasteiger charge is -2.34. The maximum Gasteiger partial charge on any atom is 0.213 e. The molecule has 156 valence electrons. The third-order valence-corrected chi connectivity index (χ3v) is 5.23. The Hall–Kier alpha value is -3.45. The molecule has 0 aromatic carbocycles. The number of hydrogen-bond acceptors (Lipinski definition) is 6. The Bertz CT molecular complexity index is 1100. The van der Waals surface area contributed by atoms with E-state index in [0.717, 1.165) is 18.7 Å². The summed E-state index contributed by atoms with van der Waals surface area (Å²) in [5.74, 6) is -0.428. The maximum atomic E-state index is 14.1. The lowest BCUT2D eigenvalue weighted by molar-refractivity contribution is 0.103. The van der Waals surface area contributed by atoms with Crippen LogP contribution in [0.25, 0.3) is 5.83 Å². The van der Waals surface area contributed by atoms with Crippen LogP contribution in [0, 0.1) is 6.92 Å². The fraction of sp³-hybridized carbons (Fsp3) is 0.217. The van der Waals surface area contributed by atoms with Gasteiger partial charge in [0.1, 0.15) is 17.3 Å². The molecular weight excluding hydrogens is 381 g/mol. The number of aryl methyl sites for hydroxylation is 1. The molecule has 1 atom stereocenters. The molecule has 1 aliphatic heterocycles. The molecule has 7 heteroatoms. The van der Waals surface area contributed by atoms with Gasteiger partial charge in [-0.15, -0.1) is 0 Å². The highest BCUT2D eigenvalue weighted by Gasteiger charge is 2.25. The number of halogens is 1. The first kappa shape index (κ1) is 19.8. The van der Waals surface area contributed by atoms with Crippen molar-refractivity contribution < 1.29 is 12.0 Å². The van der Waals surface area contributed by atoms with E-state index >= 15 is 0 Å². The van der Waals surface area contributed by atoms with Crippen LogP contribution in [0.1, 0.15) is 41.8 Å². The van der Waals surface area contributed by atoms with E-state index in [1.165, 1.54) is 0 Å². The fourth-order valence-corrected chi connectivity index (χ4v) is 3.63. The van der Waals surface area contributed by atoms with Crippen LogP contribution in [-0.4, -0.2) is 40.4 Å². The number of pyridine rings is 3. The molecule has 1 fully saturated rings. The normalized spacial score (nSPS) is 16.3. The zero-order valence-electron chi connectivity index (χ0n) is 16.7. The number of carbonyl (C=O) groups is 1. The van der Waals surface area contributed by atoms with Crippen LogP contribution in [0.2, 0.25) is 0 Å². The predicted molar refractivity (Wildman–Crippen MR) is 118 cm³/mol. The molecular formula is C23H26FN5O. The topological polar surface area (TPSA) is 71.0 Å². The van der Waals surface area contributed by atoms with E-state index in [0.29, 0.717) is 23.6 Å². The van der Waals surface area contributed by atoms with Crippen LogP contribution in [0.4, 0.5) is 10.2 Å². The van der Waals surface area contributed by atoms with Crippen LogP contribution in [0.3, 0.4) is 0 Å². The smallest absolute Gasteiger partial charge is 0.213 e. The van der Waals surface area contributed by atoms with Crippen LogP contribution in [-0.2, 0) is 0 Å². The average molecular weight is 407 g/mol. The van der Waals surface area contributed by atoms with Gasteiger partial charge >= 0.3 is 0 Å². The maximum absolute atomic E-state index is 14.1. The highest BCUT2D eigenvalue weighted by molar-refractivity contribution is 6.10. The van der Waals surface area contributed by atoms with E-state index in [4.69, 9.17) is 0 Å². The number of carbonyl (C=O) groups excluding carboxylic acids is 1. The van der Waals surface area contributed by atoms with Gasteiger partial charge in [0.2, 0.25) is 5.78 Å². The van der Waals surface area contributed by atoms with Crippen molar-refractivity contribution in [2.75, 3.05) is 24.5 Å². The van der Waals surface area contributed by atoms with Gasteiger partial charge in [-0.2, -0.15) is 0 Å². The summed E-state index contributed by atoms with van der Waals surface area (Å²) in [7, 11) is 0. The van der Waals surface area contributed by atoms with Gasteiger partial charge in [0, 0.05) is 57.9 Å². The minimum absolute atomic E-state index is 0. The number of anilines is 1. The van der Waals surface area contributed by atoms with Crippen molar-refractivity contribution in [2.45, 2.75) is 13.0 Å². The van der Waals surface area contributed by atoms with E-state index in [9.17, 15) is 9.18 Å². The zero-order chi connectivity index (χ0) is 21.1. The van der Waals surface area contributed by atoms with Gasteiger partial charge in [-0.3, -0.25) is 14.8 Å². The Morgan fingerprint density at radius 1 is 1.23 bits per heavy atom. The van der Waals surface area contributed by atoms with Gasteiger partial charge in [0.25, 0.3) is 0 Å². The highest BCUT2D eigenvalue weighted by Crippen LogP contribution is 2.26. The van der Waals surface area contributed by atoms with Crippen molar-refractivity contribution in [1.82, 2.24) is 20.3 Å². The molecule has 1 N–H and O–H groups in total. The average Bonchev–Trinajstić information content (AvgIpc) is 2.79. The Labute approximate surface area is 177 Å². The zero-order valence-corrected chi connectivity index (χ0v) is 16.7. The van der Waals surface area contributed by atoms with Gasteiger partial charge in [0.05, 0.1) is 6.04 Å². The third kappa shape index (κ3) is 3.97. The largest absolute Gasteiger partial charge is 0.353 e. The molecule has 30 heavy (non-hydrogen) atoms. The van der Waals surface area contributed by atoms with Crippen LogP contribution in [0.15, 0.2) is 61.6 Å². The van der Waals surface area contributed by atoms with Crippen molar-refractivity contribution in [3.63, 3.8) is 0 Å². The summed E-state index contributed by atoms with van der Waals surface area (Å²) >= 11 is 0. The Kier molecular flexibility index (Phi) is 5.63. The molecule has 4 rings (SSSR count). The molecule has 3 aromatic heterocycles. The van der Waals surface area contributed by atoms with Crippen molar-refractivity contribution in [1.29, 1.82) is 0 Å². The number of hydrogen-bond donors (Lipinski definition) is 1. The molecule has 1 unspecified atom stereocenters. The van der Waals surface area contributed by atoms with E-state index in [2.05, 4.69) is 31.7 Å². The summed E-state index contributed by atoms with van der Waals surface area (Å²) in [5, 5.41) is 3.48. The standard InChI is InChI=1S/C23H22FN5O.2H2/c1-15(24)18-7-8-21(28-22(18)23(30)19-6-4-10-26-16(19)2)29-12-11-27-20(14-29)17-5-3-9-25-13-17;;/h3-10,13,20,27H,1,11-12,14H2,2H3;2*1H. The van der Waals surface area contributed by atoms with Crippen LogP contribution in [0.5, 0.6) is 0 Å². The molecule has 3 aromatic rings. The molecule has 0 amide bonds. The lowest BCUT2D eigenvalue weighted by atomic mass is 10.0. The molecule has 0 spiro atoms. The summed E-state index contributed by atoms with van der Waals surface area (Å²) in [6.45, 7) is 7.26. The summed E-state index contributed by atoms with van der Waals surface area (Å²) in [5.41, 5.74) is 2.21. The molecule has 0 aliphatic carbocycles. The fourth-order valence-electron chi connectivity index (χ4n) is 3.63. The van der Waals surface area contributed by atoms with Crippen molar-refractivity contribution in [3.05, 3.63) is 89.6 Å². The van der Waals surface area contributed by atoms with E-state index in [1.807, 2.05) is 18.3 Å². The van der Waals surface area contributed by atoms with E-state index in [-0.39, 0.29) is 25.9 Å². The number of aromatic nitrogens is 3. The first-order chi connectivity index (χ1) is 14.5. The molecule has 4 heterocycles. The number of rotatable bonds is 5. The number of ketones is 1. The number of nitrogens with one attached hydrogen (secondary N) is 1. The summed E-state index contributed by atoms with van der Waals surface area (Å²) in [4.78, 5) is 28.2. The second kappa shape index (κ2) is 8.51. The van der Waals surface area contributed by atoms with Crippen molar-refractivity contribution in [2.24, 2.45) is 0 Å². The van der Waals surface area contributed by atoms with Gasteiger partial charge < -0.3 is 10.2 Å². The summed E-state index contributed by atoms with van der Waals surface area (Å²) in [6, 6.07) is 10.7. The first-order valence-corrected chi connectivity index (χ1v) is 9.75. The molecule has 1 aliphatic rings. The minimum Gasteiger partial charge on any atom is -0.353 e. The predicted octanol–water partition coefficient (Wildman–Crippen LogP) is 3.99. The Morgan fingerprint density at radius 2 is 2.07 bits per heavy atom.